The fourth-order valence-corrected chi connectivity index (χ4v) is 1.97. The number of benzene rings is 1. The topological polar surface area (TPSA) is 92.0 Å². The molecule has 1 aromatic heterocycles. The van der Waals surface area contributed by atoms with Gasteiger partial charge in [-0.25, -0.2) is 0 Å². The van der Waals surface area contributed by atoms with Crippen molar-refractivity contribution < 1.29 is 9.90 Å². The van der Waals surface area contributed by atoms with E-state index < -0.39 is 12.0 Å². The zero-order chi connectivity index (χ0) is 11.0. The number of H-pyrrole nitrogens is 1. The van der Waals surface area contributed by atoms with E-state index in [1.165, 1.54) is 0 Å². The van der Waals surface area contributed by atoms with Gasteiger partial charge in [-0.2, -0.15) is 5.10 Å². The average molecular weight is 270 g/mol. The van der Waals surface area contributed by atoms with Crippen molar-refractivity contribution in [2.75, 3.05) is 0 Å². The molecule has 1 unspecified atom stereocenters. The average Bonchev–Trinajstić information content (AvgIpc) is 2.59. The first-order valence-electron chi connectivity index (χ1n) is 4.22. The molecule has 78 valence electrons. The summed E-state index contributed by atoms with van der Waals surface area (Å²) < 4.78 is 0.643. The van der Waals surface area contributed by atoms with Crippen LogP contribution >= 0.6 is 15.9 Å². The summed E-state index contributed by atoms with van der Waals surface area (Å²) in [5, 5.41) is 16.3. The van der Waals surface area contributed by atoms with Gasteiger partial charge in [-0.3, -0.25) is 9.89 Å². The van der Waals surface area contributed by atoms with Crippen LogP contribution in [0.3, 0.4) is 0 Å². The Balaban J connectivity index is 2.69. The maximum atomic E-state index is 10.8. The van der Waals surface area contributed by atoms with E-state index >= 15 is 0 Å². The van der Waals surface area contributed by atoms with E-state index in [1.54, 1.807) is 18.2 Å². The third kappa shape index (κ3) is 1.62. The molecule has 1 atom stereocenters. The number of rotatable bonds is 2. The lowest BCUT2D eigenvalue weighted by atomic mass is 10.0. The molecular weight excluding hydrogens is 262 g/mol. The number of fused-ring (bicyclic) bond motifs is 1. The van der Waals surface area contributed by atoms with Crippen LogP contribution in [0.15, 0.2) is 22.8 Å². The Bertz CT molecular complexity index is 523. The predicted octanol–water partition coefficient (Wildman–Crippen LogP) is 1.41. The smallest absolute Gasteiger partial charge is 0.325 e. The van der Waals surface area contributed by atoms with Gasteiger partial charge in [0.2, 0.25) is 0 Å². The number of halogens is 1. The number of carboxylic acids is 1. The molecule has 1 heterocycles. The monoisotopic (exact) mass is 269 g/mol. The van der Waals surface area contributed by atoms with Crippen molar-refractivity contribution in [3.63, 3.8) is 0 Å². The van der Waals surface area contributed by atoms with Gasteiger partial charge < -0.3 is 10.8 Å². The summed E-state index contributed by atoms with van der Waals surface area (Å²) in [5.74, 6) is -1.06. The summed E-state index contributed by atoms with van der Waals surface area (Å²) in [6, 6.07) is 4.16. The fourth-order valence-electron chi connectivity index (χ4n) is 1.45. The highest BCUT2D eigenvalue weighted by molar-refractivity contribution is 9.10. The summed E-state index contributed by atoms with van der Waals surface area (Å²) in [4.78, 5) is 10.8. The van der Waals surface area contributed by atoms with E-state index in [0.29, 0.717) is 21.1 Å². The van der Waals surface area contributed by atoms with Crippen molar-refractivity contribution in [1.82, 2.24) is 10.2 Å². The Kier molecular flexibility index (Phi) is 2.45. The lowest BCUT2D eigenvalue weighted by Gasteiger charge is -2.07. The van der Waals surface area contributed by atoms with Crippen molar-refractivity contribution in [2.45, 2.75) is 6.04 Å². The normalized spacial score (nSPS) is 12.9. The zero-order valence-corrected chi connectivity index (χ0v) is 9.15. The SMILES string of the molecule is NC(C(=O)O)c1cccc2n[nH]c(Br)c12. The molecule has 0 fully saturated rings. The molecule has 0 radical (unpaired) electrons. The quantitative estimate of drug-likeness (QED) is 0.769. The number of carbonyl (C=O) groups is 1. The maximum Gasteiger partial charge on any atom is 0.325 e. The molecule has 0 aliphatic carbocycles. The molecule has 0 amide bonds. The summed E-state index contributed by atoms with van der Waals surface area (Å²) in [7, 11) is 0. The van der Waals surface area contributed by atoms with Crippen LogP contribution in [0.25, 0.3) is 10.9 Å². The van der Waals surface area contributed by atoms with Crippen molar-refractivity contribution in [3.8, 4) is 0 Å². The number of hydrogen-bond donors (Lipinski definition) is 3. The van der Waals surface area contributed by atoms with Gasteiger partial charge in [0.15, 0.2) is 0 Å². The third-order valence-corrected chi connectivity index (χ3v) is 2.74. The Morgan fingerprint density at radius 2 is 2.33 bits per heavy atom. The van der Waals surface area contributed by atoms with Gasteiger partial charge in [-0.15, -0.1) is 0 Å². The Morgan fingerprint density at radius 3 is 3.00 bits per heavy atom. The summed E-state index contributed by atoms with van der Waals surface area (Å²) in [6.07, 6.45) is 0. The van der Waals surface area contributed by atoms with E-state index in [0.717, 1.165) is 0 Å². The number of aromatic amines is 1. The maximum absolute atomic E-state index is 10.8. The first-order valence-corrected chi connectivity index (χ1v) is 5.01. The van der Waals surface area contributed by atoms with E-state index in [2.05, 4.69) is 26.1 Å². The first kappa shape index (κ1) is 10.1. The van der Waals surface area contributed by atoms with Gasteiger partial charge in [0, 0.05) is 5.39 Å². The third-order valence-electron chi connectivity index (χ3n) is 2.17. The second-order valence-electron chi connectivity index (χ2n) is 3.09. The number of nitrogens with two attached hydrogens (primary N) is 1. The molecule has 2 aromatic rings. The standard InChI is InChI=1S/C9H8BrN3O2/c10-8-6-4(7(11)9(14)15)2-1-3-5(6)12-13-8/h1-3,7H,11H2,(H,12,13)(H,14,15). The molecule has 15 heavy (non-hydrogen) atoms. The van der Waals surface area contributed by atoms with Crippen LogP contribution in [0, 0.1) is 0 Å². The second kappa shape index (κ2) is 3.63. The molecule has 1 aromatic carbocycles. The highest BCUT2D eigenvalue weighted by Gasteiger charge is 2.19. The van der Waals surface area contributed by atoms with E-state index in [9.17, 15) is 4.79 Å². The van der Waals surface area contributed by atoms with Crippen LogP contribution in [0.4, 0.5) is 0 Å². The Hall–Kier alpha value is -1.40. The van der Waals surface area contributed by atoms with Crippen molar-refractivity contribution in [1.29, 1.82) is 0 Å². The van der Waals surface area contributed by atoms with Gasteiger partial charge >= 0.3 is 5.97 Å². The van der Waals surface area contributed by atoms with Crippen LogP contribution in [0.1, 0.15) is 11.6 Å². The van der Waals surface area contributed by atoms with Crippen LogP contribution in [-0.2, 0) is 4.79 Å². The van der Waals surface area contributed by atoms with Gasteiger partial charge in [0.05, 0.1) is 5.52 Å². The minimum atomic E-state index is -1.06. The van der Waals surface area contributed by atoms with Gasteiger partial charge in [-0.1, -0.05) is 12.1 Å². The molecule has 5 nitrogen and oxygen atoms in total. The number of nitrogens with one attached hydrogen (secondary N) is 1. The summed E-state index contributed by atoms with van der Waals surface area (Å²) in [5.41, 5.74) is 6.80. The summed E-state index contributed by atoms with van der Waals surface area (Å²) >= 11 is 3.27. The van der Waals surface area contributed by atoms with Gasteiger partial charge in [0.25, 0.3) is 0 Å². The molecule has 4 N–H and O–H groups in total. The Labute approximate surface area is 93.4 Å². The summed E-state index contributed by atoms with van der Waals surface area (Å²) in [6.45, 7) is 0. The van der Waals surface area contributed by atoms with Crippen LogP contribution < -0.4 is 5.73 Å². The predicted molar refractivity (Wildman–Crippen MR) is 58.4 cm³/mol. The number of carboxylic acid groups (broad SMARTS) is 1. The fraction of sp³-hybridized carbons (Fsp3) is 0.111. The van der Waals surface area contributed by atoms with Gasteiger partial charge in [0.1, 0.15) is 10.6 Å². The molecule has 0 saturated heterocycles. The lowest BCUT2D eigenvalue weighted by Crippen LogP contribution is -2.20. The molecule has 0 saturated carbocycles. The minimum absolute atomic E-state index is 0.542. The van der Waals surface area contributed by atoms with Crippen LogP contribution in [-0.4, -0.2) is 21.3 Å². The number of nitrogens with zero attached hydrogens (tertiary/aromatic N) is 1. The largest absolute Gasteiger partial charge is 0.480 e. The number of aliphatic carboxylic acids is 1. The molecule has 0 spiro atoms. The number of aromatic nitrogens is 2. The second-order valence-corrected chi connectivity index (χ2v) is 3.89. The highest BCUT2D eigenvalue weighted by atomic mass is 79.9. The van der Waals surface area contributed by atoms with Crippen molar-refractivity contribution in [3.05, 3.63) is 28.4 Å². The van der Waals surface area contributed by atoms with E-state index in [4.69, 9.17) is 10.8 Å². The van der Waals surface area contributed by atoms with Gasteiger partial charge in [-0.05, 0) is 27.6 Å². The minimum Gasteiger partial charge on any atom is -0.480 e. The molecule has 2 rings (SSSR count). The highest BCUT2D eigenvalue weighted by Crippen LogP contribution is 2.28. The number of hydrogen-bond acceptors (Lipinski definition) is 3. The van der Waals surface area contributed by atoms with Crippen molar-refractivity contribution >= 4 is 32.8 Å². The molecule has 0 bridgehead atoms. The van der Waals surface area contributed by atoms with E-state index in [-0.39, 0.29) is 0 Å². The lowest BCUT2D eigenvalue weighted by molar-refractivity contribution is -0.138. The van der Waals surface area contributed by atoms with Crippen LogP contribution in [0.5, 0.6) is 0 Å². The molecule has 0 aliphatic heterocycles. The van der Waals surface area contributed by atoms with E-state index in [1.807, 2.05) is 0 Å². The molecule has 0 aliphatic rings. The molecule has 6 heteroatoms. The Morgan fingerprint density at radius 1 is 1.60 bits per heavy atom. The first-order chi connectivity index (χ1) is 7.11. The zero-order valence-electron chi connectivity index (χ0n) is 7.57. The molecular formula is C9H8BrN3O2. The van der Waals surface area contributed by atoms with Crippen LogP contribution in [0.2, 0.25) is 0 Å². The van der Waals surface area contributed by atoms with Crippen molar-refractivity contribution in [2.24, 2.45) is 5.73 Å².